The first-order valence-corrected chi connectivity index (χ1v) is 8.79. The Morgan fingerprint density at radius 2 is 1.67 bits per heavy atom. The van der Waals surface area contributed by atoms with Gasteiger partial charge in [-0.15, -0.1) is 0 Å². The summed E-state index contributed by atoms with van der Waals surface area (Å²) < 4.78 is 20.3. The number of hydrogen-bond acceptors (Lipinski definition) is 6. The minimum absolute atomic E-state index is 0.125. The third kappa shape index (κ3) is 9.60. The molecule has 0 aromatic carbocycles. The van der Waals surface area contributed by atoms with Gasteiger partial charge < -0.3 is 24.1 Å². The van der Waals surface area contributed by atoms with Crippen molar-refractivity contribution in [2.75, 3.05) is 19.8 Å². The highest BCUT2D eigenvalue weighted by atomic mass is 16.7. The molecule has 1 saturated carbocycles. The Bertz CT molecular complexity index is 370. The first kappa shape index (κ1) is 20.5. The lowest BCUT2D eigenvalue weighted by Crippen LogP contribution is -2.37. The van der Waals surface area contributed by atoms with Crippen molar-refractivity contribution < 1.29 is 33.6 Å². The van der Waals surface area contributed by atoms with E-state index in [4.69, 9.17) is 24.1 Å². The van der Waals surface area contributed by atoms with Crippen LogP contribution in [0.4, 0.5) is 9.59 Å². The Morgan fingerprint density at radius 1 is 1.00 bits per heavy atom. The molecule has 2 unspecified atom stereocenters. The molecule has 1 aliphatic carbocycles. The number of hydrogen-bond donors (Lipinski definition) is 1. The van der Waals surface area contributed by atoms with E-state index in [9.17, 15) is 9.59 Å². The van der Waals surface area contributed by atoms with Crippen molar-refractivity contribution in [3.8, 4) is 0 Å². The van der Waals surface area contributed by atoms with Crippen LogP contribution in [0.25, 0.3) is 0 Å². The van der Waals surface area contributed by atoms with Crippen molar-refractivity contribution in [2.45, 2.75) is 71.0 Å². The number of carboxylic acid groups (broad SMARTS) is 1. The van der Waals surface area contributed by atoms with Gasteiger partial charge in [-0.25, -0.2) is 9.59 Å². The average molecular weight is 346 g/mol. The minimum atomic E-state index is -1.35. The van der Waals surface area contributed by atoms with Crippen molar-refractivity contribution >= 4 is 12.3 Å². The highest BCUT2D eigenvalue weighted by Crippen LogP contribution is 2.24. The third-order valence-electron chi connectivity index (χ3n) is 3.91. The van der Waals surface area contributed by atoms with Crippen molar-refractivity contribution in [3.05, 3.63) is 0 Å². The lowest BCUT2D eigenvalue weighted by atomic mass is 9.95. The summed E-state index contributed by atoms with van der Waals surface area (Å²) in [5, 5.41) is 8.70. The second-order valence-corrected chi connectivity index (χ2v) is 6.46. The summed E-state index contributed by atoms with van der Waals surface area (Å²) in [5.41, 5.74) is 0. The smallest absolute Gasteiger partial charge is 0.450 e. The summed E-state index contributed by atoms with van der Waals surface area (Å²) in [7, 11) is 0. The maximum absolute atomic E-state index is 11.6. The van der Waals surface area contributed by atoms with Gasteiger partial charge in [0.15, 0.2) is 0 Å². The fourth-order valence-electron chi connectivity index (χ4n) is 2.66. The van der Waals surface area contributed by atoms with Crippen LogP contribution >= 0.6 is 0 Å². The maximum Gasteiger partial charge on any atom is 0.508 e. The van der Waals surface area contributed by atoms with Gasteiger partial charge in [-0.1, -0.05) is 26.7 Å². The number of carbonyl (C=O) groups is 2. The van der Waals surface area contributed by atoms with Crippen molar-refractivity contribution in [1.29, 1.82) is 0 Å². The predicted octanol–water partition coefficient (Wildman–Crippen LogP) is 3.99. The van der Waals surface area contributed by atoms with Crippen LogP contribution in [0.3, 0.4) is 0 Å². The van der Waals surface area contributed by atoms with Crippen LogP contribution in [0, 0.1) is 5.92 Å². The van der Waals surface area contributed by atoms with E-state index in [1.54, 1.807) is 0 Å². The maximum atomic E-state index is 11.6. The van der Waals surface area contributed by atoms with E-state index in [0.717, 1.165) is 25.7 Å². The van der Waals surface area contributed by atoms with E-state index >= 15 is 0 Å². The standard InChI is InChI=1S/C17H30O7/c1-13(2)7-5-6-10-21-11-12-22-17(20)24-15-9-4-3-8-14(15)23-16(18)19/h13-15H,3-12H2,1-2H3,(H,18,19). The third-order valence-corrected chi connectivity index (χ3v) is 3.91. The first-order chi connectivity index (χ1) is 11.5. The Morgan fingerprint density at radius 3 is 2.29 bits per heavy atom. The second-order valence-electron chi connectivity index (χ2n) is 6.46. The molecule has 0 aromatic rings. The van der Waals surface area contributed by atoms with Crippen LogP contribution in [0.1, 0.15) is 58.8 Å². The Hall–Kier alpha value is -1.50. The first-order valence-electron chi connectivity index (χ1n) is 8.79. The Kier molecular flexibility index (Phi) is 10.2. The number of rotatable bonds is 10. The van der Waals surface area contributed by atoms with Gasteiger partial charge in [0.1, 0.15) is 18.8 Å². The quantitative estimate of drug-likeness (QED) is 0.472. The van der Waals surface area contributed by atoms with Gasteiger partial charge >= 0.3 is 12.3 Å². The molecule has 1 rings (SSSR count). The Balaban J connectivity index is 2.09. The van der Waals surface area contributed by atoms with Gasteiger partial charge in [-0.3, -0.25) is 0 Å². The zero-order valence-electron chi connectivity index (χ0n) is 14.7. The highest BCUT2D eigenvalue weighted by molar-refractivity contribution is 5.60. The van der Waals surface area contributed by atoms with Crippen LogP contribution in [0.2, 0.25) is 0 Å². The van der Waals surface area contributed by atoms with Crippen LogP contribution in [-0.4, -0.2) is 49.4 Å². The van der Waals surface area contributed by atoms with E-state index in [0.29, 0.717) is 32.0 Å². The molecule has 1 aliphatic rings. The van der Waals surface area contributed by atoms with Crippen molar-refractivity contribution in [1.82, 2.24) is 0 Å². The Labute approximate surface area is 143 Å². The molecule has 0 aliphatic heterocycles. The largest absolute Gasteiger partial charge is 0.508 e. The predicted molar refractivity (Wildman–Crippen MR) is 87.1 cm³/mol. The average Bonchev–Trinajstić information content (AvgIpc) is 2.51. The summed E-state index contributed by atoms with van der Waals surface area (Å²) in [6.07, 6.45) is 2.86. The summed E-state index contributed by atoms with van der Waals surface area (Å²) in [6, 6.07) is 0. The molecule has 0 bridgehead atoms. The molecule has 2 atom stereocenters. The van der Waals surface area contributed by atoms with E-state index in [1.165, 1.54) is 6.42 Å². The molecule has 1 N–H and O–H groups in total. The zero-order valence-corrected chi connectivity index (χ0v) is 14.7. The number of unbranched alkanes of at least 4 members (excludes halogenated alkanes) is 1. The summed E-state index contributed by atoms with van der Waals surface area (Å²) in [4.78, 5) is 22.3. The molecule has 24 heavy (non-hydrogen) atoms. The molecule has 7 heteroatoms. The SMILES string of the molecule is CC(C)CCCCOCCOC(=O)OC1CCCCC1OC(=O)O. The van der Waals surface area contributed by atoms with Crippen LogP contribution in [0.15, 0.2) is 0 Å². The fourth-order valence-corrected chi connectivity index (χ4v) is 2.66. The van der Waals surface area contributed by atoms with E-state index in [2.05, 4.69) is 13.8 Å². The normalized spacial score (nSPS) is 20.6. The molecule has 140 valence electrons. The summed E-state index contributed by atoms with van der Waals surface area (Å²) >= 11 is 0. The molecule has 0 saturated heterocycles. The molecular weight excluding hydrogens is 316 g/mol. The van der Waals surface area contributed by atoms with E-state index < -0.39 is 24.5 Å². The van der Waals surface area contributed by atoms with E-state index in [1.807, 2.05) is 0 Å². The highest BCUT2D eigenvalue weighted by Gasteiger charge is 2.31. The lowest BCUT2D eigenvalue weighted by Gasteiger charge is -2.29. The molecule has 0 spiro atoms. The fraction of sp³-hybridized carbons (Fsp3) is 0.882. The number of ether oxygens (including phenoxy) is 4. The molecule has 7 nitrogen and oxygen atoms in total. The molecular formula is C17H30O7. The van der Waals surface area contributed by atoms with Gasteiger partial charge in [0, 0.05) is 6.61 Å². The second kappa shape index (κ2) is 11.9. The number of carbonyl (C=O) groups excluding carboxylic acids is 1. The molecule has 0 radical (unpaired) electrons. The van der Waals surface area contributed by atoms with Gasteiger partial charge in [-0.2, -0.15) is 0 Å². The topological polar surface area (TPSA) is 91.3 Å². The zero-order chi connectivity index (χ0) is 17.8. The molecule has 0 aromatic heterocycles. The van der Waals surface area contributed by atoms with Gasteiger partial charge in [0.05, 0.1) is 6.61 Å². The van der Waals surface area contributed by atoms with Crippen molar-refractivity contribution in [3.63, 3.8) is 0 Å². The lowest BCUT2D eigenvalue weighted by molar-refractivity contribution is -0.0678. The summed E-state index contributed by atoms with van der Waals surface area (Å²) in [5.74, 6) is 0.705. The molecule has 0 heterocycles. The minimum Gasteiger partial charge on any atom is -0.450 e. The monoisotopic (exact) mass is 346 g/mol. The van der Waals surface area contributed by atoms with Gasteiger partial charge in [0.25, 0.3) is 0 Å². The van der Waals surface area contributed by atoms with Crippen LogP contribution in [0.5, 0.6) is 0 Å². The molecule has 1 fully saturated rings. The van der Waals surface area contributed by atoms with Crippen molar-refractivity contribution in [2.24, 2.45) is 5.92 Å². The van der Waals surface area contributed by atoms with Crippen LogP contribution in [-0.2, 0) is 18.9 Å². The summed E-state index contributed by atoms with van der Waals surface area (Å²) in [6.45, 7) is 5.50. The van der Waals surface area contributed by atoms with Gasteiger partial charge in [-0.05, 0) is 38.0 Å². The molecule has 0 amide bonds. The van der Waals surface area contributed by atoms with Gasteiger partial charge in [0.2, 0.25) is 0 Å². The van der Waals surface area contributed by atoms with Crippen LogP contribution < -0.4 is 0 Å². The van der Waals surface area contributed by atoms with E-state index in [-0.39, 0.29) is 6.61 Å².